The Kier molecular flexibility index (Phi) is 2.97. The number of carbonyl (C=O) groups is 1. The van der Waals surface area contributed by atoms with E-state index in [1.54, 1.807) is 0 Å². The van der Waals surface area contributed by atoms with E-state index >= 15 is 0 Å². The molecule has 3 nitrogen and oxygen atoms in total. The van der Waals surface area contributed by atoms with Gasteiger partial charge in [-0.25, -0.2) is 0 Å². The largest absolute Gasteiger partial charge is 0.329 e. The van der Waals surface area contributed by atoms with Gasteiger partial charge in [0, 0.05) is 0 Å². The van der Waals surface area contributed by atoms with Gasteiger partial charge in [-0.15, -0.1) is 0 Å². The fraction of sp³-hybridized carbons (Fsp3) is 0.462. The van der Waals surface area contributed by atoms with Gasteiger partial charge < -0.3 is 10.6 Å². The van der Waals surface area contributed by atoms with Crippen LogP contribution in [-0.2, 0) is 4.79 Å². The highest BCUT2D eigenvalue weighted by molar-refractivity contribution is 5.89. The average Bonchev–Trinajstić information content (AvgIpc) is 2.34. The number of amides is 1. The van der Waals surface area contributed by atoms with Crippen molar-refractivity contribution in [3.05, 3.63) is 35.9 Å². The van der Waals surface area contributed by atoms with Gasteiger partial charge >= 0.3 is 0 Å². The molecule has 1 heterocycles. The molecule has 0 saturated carbocycles. The molecular formula is C13H18N2O. The number of carbonyl (C=O) groups excluding carboxylic acids is 1. The second-order valence-corrected chi connectivity index (χ2v) is 4.33. The lowest BCUT2D eigenvalue weighted by Gasteiger charge is -2.48. The maximum absolute atomic E-state index is 11.7. The molecule has 0 aliphatic carbocycles. The fourth-order valence-corrected chi connectivity index (χ4v) is 2.41. The van der Waals surface area contributed by atoms with Crippen LogP contribution in [0, 0.1) is 0 Å². The van der Waals surface area contributed by atoms with Crippen LogP contribution in [0.2, 0.25) is 0 Å². The molecule has 0 spiro atoms. The quantitative estimate of drug-likeness (QED) is 0.785. The summed E-state index contributed by atoms with van der Waals surface area (Å²) >= 11 is 0. The zero-order valence-corrected chi connectivity index (χ0v) is 9.76. The van der Waals surface area contributed by atoms with Crippen molar-refractivity contribution in [2.75, 3.05) is 0 Å². The van der Waals surface area contributed by atoms with Crippen LogP contribution in [0.4, 0.5) is 0 Å². The molecule has 2 rings (SSSR count). The molecule has 1 amide bonds. The van der Waals surface area contributed by atoms with Gasteiger partial charge in [-0.1, -0.05) is 37.3 Å². The summed E-state index contributed by atoms with van der Waals surface area (Å²) in [6.07, 6.45) is 0.921. The SMILES string of the molecule is CC[C@@H]1[C@H](N)C(=O)N1[C@@H](C)c1ccccc1. The Morgan fingerprint density at radius 3 is 2.56 bits per heavy atom. The minimum atomic E-state index is -0.295. The van der Waals surface area contributed by atoms with E-state index in [-0.39, 0.29) is 24.0 Å². The maximum Gasteiger partial charge on any atom is 0.242 e. The molecule has 1 aliphatic rings. The summed E-state index contributed by atoms with van der Waals surface area (Å²) in [5, 5.41) is 0. The summed E-state index contributed by atoms with van der Waals surface area (Å²) in [5.41, 5.74) is 6.96. The molecule has 0 bridgehead atoms. The summed E-state index contributed by atoms with van der Waals surface area (Å²) in [7, 11) is 0. The van der Waals surface area contributed by atoms with Crippen molar-refractivity contribution in [1.29, 1.82) is 0 Å². The highest BCUT2D eigenvalue weighted by atomic mass is 16.2. The lowest BCUT2D eigenvalue weighted by molar-refractivity contribution is -0.153. The molecule has 16 heavy (non-hydrogen) atoms. The summed E-state index contributed by atoms with van der Waals surface area (Å²) in [6, 6.07) is 10.1. The van der Waals surface area contributed by atoms with Crippen LogP contribution in [0.25, 0.3) is 0 Å². The monoisotopic (exact) mass is 218 g/mol. The first-order valence-electron chi connectivity index (χ1n) is 5.79. The van der Waals surface area contributed by atoms with Gasteiger partial charge in [-0.05, 0) is 18.9 Å². The van der Waals surface area contributed by atoms with Crippen molar-refractivity contribution < 1.29 is 4.79 Å². The van der Waals surface area contributed by atoms with Crippen LogP contribution in [0.3, 0.4) is 0 Å². The molecule has 1 saturated heterocycles. The van der Waals surface area contributed by atoms with Gasteiger partial charge in [0.2, 0.25) is 5.91 Å². The number of rotatable bonds is 3. The Bertz CT molecular complexity index is 377. The summed E-state index contributed by atoms with van der Waals surface area (Å²) < 4.78 is 0. The molecule has 2 N–H and O–H groups in total. The third-order valence-electron chi connectivity index (χ3n) is 3.43. The first kappa shape index (κ1) is 11.1. The van der Waals surface area contributed by atoms with E-state index in [1.165, 1.54) is 5.56 Å². The topological polar surface area (TPSA) is 46.3 Å². The summed E-state index contributed by atoms with van der Waals surface area (Å²) in [5.74, 6) is 0.0724. The summed E-state index contributed by atoms with van der Waals surface area (Å²) in [4.78, 5) is 13.6. The van der Waals surface area contributed by atoms with Crippen molar-refractivity contribution in [2.45, 2.75) is 38.4 Å². The number of nitrogens with zero attached hydrogens (tertiary/aromatic N) is 1. The van der Waals surface area contributed by atoms with E-state index in [1.807, 2.05) is 23.1 Å². The van der Waals surface area contributed by atoms with Crippen LogP contribution >= 0.6 is 0 Å². The average molecular weight is 218 g/mol. The van der Waals surface area contributed by atoms with E-state index in [4.69, 9.17) is 5.73 Å². The number of hydrogen-bond acceptors (Lipinski definition) is 2. The van der Waals surface area contributed by atoms with Gasteiger partial charge in [0.05, 0.1) is 12.1 Å². The Hall–Kier alpha value is -1.35. The van der Waals surface area contributed by atoms with E-state index in [0.29, 0.717) is 0 Å². The van der Waals surface area contributed by atoms with Crippen molar-refractivity contribution in [1.82, 2.24) is 4.90 Å². The van der Waals surface area contributed by atoms with Crippen LogP contribution in [-0.4, -0.2) is 22.9 Å². The normalized spacial score (nSPS) is 26.4. The van der Waals surface area contributed by atoms with E-state index < -0.39 is 0 Å². The van der Waals surface area contributed by atoms with E-state index in [9.17, 15) is 4.79 Å². The Labute approximate surface area is 96.2 Å². The van der Waals surface area contributed by atoms with Crippen molar-refractivity contribution >= 4 is 5.91 Å². The molecule has 1 fully saturated rings. The van der Waals surface area contributed by atoms with Gasteiger partial charge in [0.25, 0.3) is 0 Å². The lowest BCUT2D eigenvalue weighted by Crippen LogP contribution is -2.68. The first-order chi connectivity index (χ1) is 7.66. The molecular weight excluding hydrogens is 200 g/mol. The number of benzene rings is 1. The van der Waals surface area contributed by atoms with Gasteiger partial charge in [0.1, 0.15) is 6.04 Å². The number of hydrogen-bond donors (Lipinski definition) is 1. The van der Waals surface area contributed by atoms with Crippen molar-refractivity contribution in [3.63, 3.8) is 0 Å². The smallest absolute Gasteiger partial charge is 0.242 e. The lowest BCUT2D eigenvalue weighted by atomic mass is 9.89. The molecule has 1 aliphatic heterocycles. The van der Waals surface area contributed by atoms with Crippen LogP contribution in [0.15, 0.2) is 30.3 Å². The second-order valence-electron chi connectivity index (χ2n) is 4.33. The number of likely N-dealkylation sites (tertiary alicyclic amines) is 1. The molecule has 1 aromatic carbocycles. The Balaban J connectivity index is 2.17. The zero-order valence-electron chi connectivity index (χ0n) is 9.76. The predicted molar refractivity (Wildman–Crippen MR) is 63.8 cm³/mol. The number of β-lactam (4-membered cyclic amide) rings is 1. The van der Waals surface area contributed by atoms with E-state index in [2.05, 4.69) is 26.0 Å². The highest BCUT2D eigenvalue weighted by Gasteiger charge is 2.45. The number of nitrogens with two attached hydrogens (primary N) is 1. The van der Waals surface area contributed by atoms with Crippen LogP contribution in [0.5, 0.6) is 0 Å². The molecule has 0 aromatic heterocycles. The van der Waals surface area contributed by atoms with Crippen molar-refractivity contribution in [3.8, 4) is 0 Å². The minimum absolute atomic E-state index is 0.0724. The zero-order chi connectivity index (χ0) is 11.7. The molecule has 0 radical (unpaired) electrons. The standard InChI is InChI=1S/C13H18N2O/c1-3-11-12(14)13(16)15(11)9(2)10-7-5-4-6-8-10/h4-9,11-12H,3,14H2,1-2H3/t9-,11+,12-/m0/s1. The third-order valence-corrected chi connectivity index (χ3v) is 3.43. The molecule has 1 aromatic rings. The minimum Gasteiger partial charge on any atom is -0.329 e. The Morgan fingerprint density at radius 2 is 2.00 bits per heavy atom. The third kappa shape index (κ3) is 1.61. The van der Waals surface area contributed by atoms with Gasteiger partial charge in [-0.3, -0.25) is 4.79 Å². The summed E-state index contributed by atoms with van der Waals surface area (Å²) in [6.45, 7) is 4.13. The van der Waals surface area contributed by atoms with E-state index in [0.717, 1.165) is 6.42 Å². The Morgan fingerprint density at radius 1 is 1.38 bits per heavy atom. The predicted octanol–water partition coefficient (Wildman–Crippen LogP) is 1.70. The maximum atomic E-state index is 11.7. The van der Waals surface area contributed by atoms with Gasteiger partial charge in [-0.2, -0.15) is 0 Å². The molecule has 3 heteroatoms. The first-order valence-corrected chi connectivity index (χ1v) is 5.79. The van der Waals surface area contributed by atoms with Crippen LogP contribution in [0.1, 0.15) is 31.9 Å². The fourth-order valence-electron chi connectivity index (χ4n) is 2.41. The molecule has 3 atom stereocenters. The van der Waals surface area contributed by atoms with Gasteiger partial charge in [0.15, 0.2) is 0 Å². The van der Waals surface area contributed by atoms with Crippen molar-refractivity contribution in [2.24, 2.45) is 5.73 Å². The molecule has 86 valence electrons. The van der Waals surface area contributed by atoms with Crippen LogP contribution < -0.4 is 5.73 Å². The highest BCUT2D eigenvalue weighted by Crippen LogP contribution is 2.32. The second kappa shape index (κ2) is 4.26. The molecule has 0 unspecified atom stereocenters.